The van der Waals surface area contributed by atoms with Gasteiger partial charge in [0.05, 0.1) is 23.1 Å². The Morgan fingerprint density at radius 3 is 2.46 bits per heavy atom. The van der Waals surface area contributed by atoms with E-state index in [9.17, 15) is 4.79 Å². The van der Waals surface area contributed by atoms with Crippen molar-refractivity contribution in [1.82, 2.24) is 19.7 Å². The maximum absolute atomic E-state index is 12.1. The first-order chi connectivity index (χ1) is 11.7. The van der Waals surface area contributed by atoms with E-state index < -0.39 is 0 Å². The third-order valence-corrected chi connectivity index (χ3v) is 5.01. The van der Waals surface area contributed by atoms with E-state index in [1.54, 1.807) is 23.1 Å². The van der Waals surface area contributed by atoms with Gasteiger partial charge in [0.15, 0.2) is 0 Å². The molecule has 0 amide bonds. The van der Waals surface area contributed by atoms with Gasteiger partial charge in [-0.3, -0.25) is 4.79 Å². The molecule has 7 heteroatoms. The molecule has 2 aromatic rings. The predicted octanol–water partition coefficient (Wildman–Crippen LogP) is 2.48. The Bertz CT molecular complexity index is 763. The number of hydrogen-bond donors (Lipinski definition) is 0. The lowest BCUT2D eigenvalue weighted by Gasteiger charge is -2.31. The number of rotatable bonds is 4. The van der Waals surface area contributed by atoms with Gasteiger partial charge in [0, 0.05) is 31.6 Å². The molecule has 0 radical (unpaired) electrons. The molecule has 24 heavy (non-hydrogen) atoms. The van der Waals surface area contributed by atoms with Crippen molar-refractivity contribution >= 4 is 17.5 Å². The third-order valence-electron chi connectivity index (χ3n) is 4.82. The summed E-state index contributed by atoms with van der Waals surface area (Å²) in [5, 5.41) is 5.12. The molecule has 0 N–H and O–H groups in total. The Morgan fingerprint density at radius 1 is 1.08 bits per heavy atom. The zero-order valence-corrected chi connectivity index (χ0v) is 14.2. The Hall–Kier alpha value is -1.95. The van der Waals surface area contributed by atoms with Gasteiger partial charge in [-0.05, 0) is 37.7 Å². The highest BCUT2D eigenvalue weighted by Crippen LogP contribution is 2.38. The second-order valence-electron chi connectivity index (χ2n) is 6.68. The maximum Gasteiger partial charge on any atom is 0.266 e. The van der Waals surface area contributed by atoms with E-state index in [-0.39, 0.29) is 5.56 Å². The fourth-order valence-electron chi connectivity index (χ4n) is 3.22. The van der Waals surface area contributed by atoms with Crippen LogP contribution in [0.15, 0.2) is 29.3 Å². The molecule has 0 bridgehead atoms. The van der Waals surface area contributed by atoms with E-state index in [4.69, 9.17) is 11.6 Å². The van der Waals surface area contributed by atoms with Crippen LogP contribution in [0.2, 0.25) is 5.02 Å². The van der Waals surface area contributed by atoms with Crippen molar-refractivity contribution in [3.8, 4) is 0 Å². The first kappa shape index (κ1) is 15.6. The summed E-state index contributed by atoms with van der Waals surface area (Å²) in [5.74, 6) is 1.76. The molecule has 1 aliphatic heterocycles. The van der Waals surface area contributed by atoms with E-state index in [2.05, 4.69) is 20.0 Å². The van der Waals surface area contributed by atoms with Crippen molar-refractivity contribution in [2.75, 3.05) is 18.0 Å². The highest BCUT2D eigenvalue weighted by Gasteiger charge is 2.26. The topological polar surface area (TPSA) is 63.9 Å². The Balaban J connectivity index is 1.38. The van der Waals surface area contributed by atoms with Gasteiger partial charge in [-0.2, -0.15) is 5.10 Å². The predicted molar refractivity (Wildman–Crippen MR) is 92.5 cm³/mol. The SMILES string of the molecule is O=c1ccc(C2CC2)nn1CC1CCN(c2ncc(Cl)cn2)CC1. The van der Waals surface area contributed by atoms with Crippen molar-refractivity contribution in [2.45, 2.75) is 38.1 Å². The smallest absolute Gasteiger partial charge is 0.266 e. The zero-order valence-electron chi connectivity index (χ0n) is 13.4. The summed E-state index contributed by atoms with van der Waals surface area (Å²) in [6, 6.07) is 3.55. The van der Waals surface area contributed by atoms with Crippen LogP contribution in [0.5, 0.6) is 0 Å². The summed E-state index contributed by atoms with van der Waals surface area (Å²) >= 11 is 5.84. The minimum atomic E-state index is 0.00265. The zero-order chi connectivity index (χ0) is 16.5. The van der Waals surface area contributed by atoms with Crippen LogP contribution in [0, 0.1) is 5.92 Å². The summed E-state index contributed by atoms with van der Waals surface area (Å²) < 4.78 is 1.66. The Kier molecular flexibility index (Phi) is 4.22. The van der Waals surface area contributed by atoms with Crippen molar-refractivity contribution in [3.63, 3.8) is 0 Å². The monoisotopic (exact) mass is 345 g/mol. The van der Waals surface area contributed by atoms with Crippen LogP contribution in [0.3, 0.4) is 0 Å². The molecular weight excluding hydrogens is 326 g/mol. The van der Waals surface area contributed by atoms with E-state index in [0.717, 1.165) is 37.6 Å². The number of hydrogen-bond acceptors (Lipinski definition) is 5. The number of piperidine rings is 1. The lowest BCUT2D eigenvalue weighted by atomic mass is 9.97. The average molecular weight is 346 g/mol. The van der Waals surface area contributed by atoms with Gasteiger partial charge in [-0.15, -0.1) is 0 Å². The maximum atomic E-state index is 12.1. The fraction of sp³-hybridized carbons (Fsp3) is 0.529. The van der Waals surface area contributed by atoms with E-state index in [0.29, 0.717) is 23.4 Å². The lowest BCUT2D eigenvalue weighted by Crippen LogP contribution is -2.37. The van der Waals surface area contributed by atoms with Gasteiger partial charge in [-0.1, -0.05) is 11.6 Å². The summed E-state index contributed by atoms with van der Waals surface area (Å²) in [5.41, 5.74) is 1.07. The van der Waals surface area contributed by atoms with E-state index >= 15 is 0 Å². The summed E-state index contributed by atoms with van der Waals surface area (Å²) in [7, 11) is 0. The number of nitrogens with zero attached hydrogens (tertiary/aromatic N) is 5. The van der Waals surface area contributed by atoms with Gasteiger partial charge >= 0.3 is 0 Å². The molecule has 6 nitrogen and oxygen atoms in total. The minimum Gasteiger partial charge on any atom is -0.341 e. The molecule has 3 heterocycles. The highest BCUT2D eigenvalue weighted by atomic mass is 35.5. The van der Waals surface area contributed by atoms with Crippen molar-refractivity contribution in [3.05, 3.63) is 45.6 Å². The summed E-state index contributed by atoms with van der Waals surface area (Å²) in [6.07, 6.45) is 7.67. The van der Waals surface area contributed by atoms with Gasteiger partial charge in [0.25, 0.3) is 5.56 Å². The third kappa shape index (κ3) is 3.43. The van der Waals surface area contributed by atoms with Crippen LogP contribution >= 0.6 is 11.6 Å². The van der Waals surface area contributed by atoms with Gasteiger partial charge in [-0.25, -0.2) is 14.6 Å². The molecule has 0 atom stereocenters. The highest BCUT2D eigenvalue weighted by molar-refractivity contribution is 6.30. The second-order valence-corrected chi connectivity index (χ2v) is 7.12. The first-order valence-corrected chi connectivity index (χ1v) is 8.87. The second kappa shape index (κ2) is 6.51. The van der Waals surface area contributed by atoms with Crippen molar-refractivity contribution in [2.24, 2.45) is 5.92 Å². The van der Waals surface area contributed by atoms with Gasteiger partial charge in [0.2, 0.25) is 5.95 Å². The first-order valence-electron chi connectivity index (χ1n) is 8.49. The number of anilines is 1. The molecule has 2 aliphatic rings. The van der Waals surface area contributed by atoms with Crippen LogP contribution in [0.4, 0.5) is 5.95 Å². The van der Waals surface area contributed by atoms with E-state index in [1.807, 2.05) is 6.07 Å². The molecule has 0 spiro atoms. The molecule has 1 saturated carbocycles. The van der Waals surface area contributed by atoms with Gasteiger partial charge in [0.1, 0.15) is 0 Å². The molecule has 0 unspecified atom stereocenters. The number of aromatic nitrogens is 4. The van der Waals surface area contributed by atoms with Crippen LogP contribution in [-0.4, -0.2) is 32.8 Å². The summed E-state index contributed by atoms with van der Waals surface area (Å²) in [4.78, 5) is 22.8. The van der Waals surface area contributed by atoms with Crippen LogP contribution in [0.25, 0.3) is 0 Å². The average Bonchev–Trinajstić information content (AvgIpc) is 3.43. The van der Waals surface area contributed by atoms with Crippen LogP contribution in [-0.2, 0) is 6.54 Å². The Morgan fingerprint density at radius 2 is 1.79 bits per heavy atom. The van der Waals surface area contributed by atoms with Crippen LogP contribution in [0.1, 0.15) is 37.3 Å². The molecule has 1 aliphatic carbocycles. The van der Waals surface area contributed by atoms with Crippen LogP contribution < -0.4 is 10.5 Å². The standard InChI is InChI=1S/C17H20ClN5O/c18-14-9-19-17(20-10-14)22-7-5-12(6-8-22)11-23-16(24)4-3-15(21-23)13-1-2-13/h3-4,9-10,12-13H,1-2,5-8,11H2. The van der Waals surface area contributed by atoms with Crippen molar-refractivity contribution in [1.29, 1.82) is 0 Å². The molecule has 1 saturated heterocycles. The van der Waals surface area contributed by atoms with Gasteiger partial charge < -0.3 is 4.90 Å². The molecule has 2 fully saturated rings. The lowest BCUT2D eigenvalue weighted by molar-refractivity contribution is 0.332. The largest absolute Gasteiger partial charge is 0.341 e. The molecule has 126 valence electrons. The normalized spacial score (nSPS) is 18.8. The van der Waals surface area contributed by atoms with Crippen molar-refractivity contribution < 1.29 is 0 Å². The fourth-order valence-corrected chi connectivity index (χ4v) is 3.32. The molecule has 4 rings (SSSR count). The summed E-state index contributed by atoms with van der Waals surface area (Å²) in [6.45, 7) is 2.49. The minimum absolute atomic E-state index is 0.00265. The molecule has 0 aromatic carbocycles. The molecule has 2 aromatic heterocycles. The van der Waals surface area contributed by atoms with E-state index in [1.165, 1.54) is 12.8 Å². The quantitative estimate of drug-likeness (QED) is 0.851. The Labute approximate surface area is 145 Å². The number of halogens is 1. The molecular formula is C17H20ClN5O.